The number of nitrogens with zero attached hydrogens (tertiary/aromatic N) is 4. The highest BCUT2D eigenvalue weighted by Gasteiger charge is 2.15. The molecular formula is C23H20N6O2S. The first-order valence-electron chi connectivity index (χ1n) is 9.83. The standard InChI is InChI=1S/C23H20N6O2S/c1-16-11-13-18(14-12-16)29-23(26-27-28-29)32-15-21(30)25-20-10-6-5-9-19(20)22(31)24-17-7-3-2-4-8-17/h2-14H,15H2,1H3,(H,24,31)(H,25,30). The molecule has 0 fully saturated rings. The summed E-state index contributed by atoms with van der Waals surface area (Å²) in [7, 11) is 0. The summed E-state index contributed by atoms with van der Waals surface area (Å²) in [5, 5.41) is 17.9. The number of benzene rings is 3. The van der Waals surface area contributed by atoms with Crippen LogP contribution < -0.4 is 10.6 Å². The Morgan fingerprint density at radius 3 is 2.41 bits per heavy atom. The molecule has 0 aliphatic heterocycles. The molecule has 0 unspecified atom stereocenters. The number of carbonyl (C=O) groups excluding carboxylic acids is 2. The lowest BCUT2D eigenvalue weighted by atomic mass is 10.1. The van der Waals surface area contributed by atoms with Gasteiger partial charge >= 0.3 is 0 Å². The second-order valence-corrected chi connectivity index (χ2v) is 7.85. The highest BCUT2D eigenvalue weighted by Crippen LogP contribution is 2.21. The molecule has 4 aromatic rings. The molecule has 1 heterocycles. The molecule has 0 spiro atoms. The van der Waals surface area contributed by atoms with E-state index in [9.17, 15) is 9.59 Å². The molecule has 8 nitrogen and oxygen atoms in total. The van der Waals surface area contributed by atoms with Crippen molar-refractivity contribution in [3.63, 3.8) is 0 Å². The number of tetrazole rings is 1. The third kappa shape index (κ3) is 5.19. The molecule has 2 amide bonds. The molecule has 32 heavy (non-hydrogen) atoms. The van der Waals surface area contributed by atoms with E-state index < -0.39 is 0 Å². The zero-order valence-corrected chi connectivity index (χ0v) is 18.0. The zero-order valence-electron chi connectivity index (χ0n) is 17.2. The van der Waals surface area contributed by atoms with E-state index in [2.05, 4.69) is 26.2 Å². The van der Waals surface area contributed by atoms with Crippen molar-refractivity contribution in [2.24, 2.45) is 0 Å². The van der Waals surface area contributed by atoms with Crippen molar-refractivity contribution in [3.8, 4) is 5.69 Å². The Balaban J connectivity index is 1.41. The number of nitrogens with one attached hydrogen (secondary N) is 2. The molecular weight excluding hydrogens is 424 g/mol. The van der Waals surface area contributed by atoms with Gasteiger partial charge in [0.2, 0.25) is 11.1 Å². The van der Waals surface area contributed by atoms with Gasteiger partial charge in [-0.1, -0.05) is 59.8 Å². The van der Waals surface area contributed by atoms with Crippen molar-refractivity contribution in [2.75, 3.05) is 16.4 Å². The summed E-state index contributed by atoms with van der Waals surface area (Å²) in [6.07, 6.45) is 0. The second kappa shape index (κ2) is 9.88. The van der Waals surface area contributed by atoms with Crippen molar-refractivity contribution < 1.29 is 9.59 Å². The van der Waals surface area contributed by atoms with Crippen LogP contribution in [-0.2, 0) is 4.79 Å². The first-order chi connectivity index (χ1) is 15.6. The number of aromatic nitrogens is 4. The van der Waals surface area contributed by atoms with Gasteiger partial charge in [-0.25, -0.2) is 0 Å². The minimum Gasteiger partial charge on any atom is -0.325 e. The zero-order chi connectivity index (χ0) is 22.3. The molecule has 3 aromatic carbocycles. The monoisotopic (exact) mass is 444 g/mol. The Morgan fingerprint density at radius 1 is 0.906 bits per heavy atom. The summed E-state index contributed by atoms with van der Waals surface area (Å²) in [6.45, 7) is 2.00. The molecule has 0 saturated heterocycles. The molecule has 1 aromatic heterocycles. The average molecular weight is 445 g/mol. The minimum atomic E-state index is -0.303. The van der Waals surface area contributed by atoms with Crippen LogP contribution in [0.4, 0.5) is 11.4 Å². The Hall–Kier alpha value is -3.98. The van der Waals surface area contributed by atoms with Gasteiger partial charge in [0.1, 0.15) is 0 Å². The summed E-state index contributed by atoms with van der Waals surface area (Å²) < 4.78 is 1.58. The molecule has 0 radical (unpaired) electrons. The highest BCUT2D eigenvalue weighted by molar-refractivity contribution is 7.99. The van der Waals surface area contributed by atoms with Crippen LogP contribution >= 0.6 is 11.8 Å². The molecule has 4 rings (SSSR count). The molecule has 0 bridgehead atoms. The fourth-order valence-electron chi connectivity index (χ4n) is 2.94. The van der Waals surface area contributed by atoms with Gasteiger partial charge in [0.05, 0.1) is 22.7 Å². The topological polar surface area (TPSA) is 102 Å². The Kier molecular flexibility index (Phi) is 6.57. The van der Waals surface area contributed by atoms with E-state index in [1.165, 1.54) is 11.8 Å². The van der Waals surface area contributed by atoms with Gasteiger partial charge < -0.3 is 10.6 Å². The fraction of sp³-hybridized carbons (Fsp3) is 0.0870. The number of rotatable bonds is 7. The number of amides is 2. The first kappa shape index (κ1) is 21.3. The van der Waals surface area contributed by atoms with E-state index in [1.54, 1.807) is 41.1 Å². The van der Waals surface area contributed by atoms with Crippen LogP contribution in [0.5, 0.6) is 0 Å². The maximum absolute atomic E-state index is 12.7. The summed E-state index contributed by atoms with van der Waals surface area (Å²) in [5.74, 6) is -0.488. The lowest BCUT2D eigenvalue weighted by molar-refractivity contribution is -0.113. The Bertz CT molecular complexity index is 1220. The minimum absolute atomic E-state index is 0.0842. The van der Waals surface area contributed by atoms with E-state index in [0.29, 0.717) is 22.1 Å². The van der Waals surface area contributed by atoms with E-state index in [1.807, 2.05) is 49.4 Å². The first-order valence-corrected chi connectivity index (χ1v) is 10.8. The van der Waals surface area contributed by atoms with Crippen molar-refractivity contribution in [2.45, 2.75) is 12.1 Å². The Morgan fingerprint density at radius 2 is 1.62 bits per heavy atom. The van der Waals surface area contributed by atoms with Crippen LogP contribution in [0.2, 0.25) is 0 Å². The molecule has 0 aliphatic rings. The number of hydrogen-bond acceptors (Lipinski definition) is 6. The third-order valence-electron chi connectivity index (χ3n) is 4.53. The van der Waals surface area contributed by atoms with E-state index in [4.69, 9.17) is 0 Å². The summed E-state index contributed by atoms with van der Waals surface area (Å²) in [5.41, 5.74) is 3.43. The smallest absolute Gasteiger partial charge is 0.257 e. The lowest BCUT2D eigenvalue weighted by Gasteiger charge is -2.11. The molecule has 0 atom stereocenters. The van der Waals surface area contributed by atoms with Gasteiger partial charge in [0.25, 0.3) is 5.91 Å². The van der Waals surface area contributed by atoms with Gasteiger partial charge in [0.15, 0.2) is 0 Å². The largest absolute Gasteiger partial charge is 0.325 e. The Labute approximate surface area is 189 Å². The quantitative estimate of drug-likeness (QED) is 0.419. The van der Waals surface area contributed by atoms with Crippen molar-refractivity contribution in [1.82, 2.24) is 20.2 Å². The second-order valence-electron chi connectivity index (χ2n) is 6.91. The van der Waals surface area contributed by atoms with Crippen LogP contribution in [0.15, 0.2) is 84.0 Å². The van der Waals surface area contributed by atoms with Crippen LogP contribution in [0.1, 0.15) is 15.9 Å². The molecule has 0 aliphatic carbocycles. The molecule has 0 saturated carbocycles. The number of anilines is 2. The van der Waals surface area contributed by atoms with E-state index >= 15 is 0 Å². The van der Waals surface area contributed by atoms with Gasteiger partial charge in [0, 0.05) is 5.69 Å². The lowest BCUT2D eigenvalue weighted by Crippen LogP contribution is -2.19. The van der Waals surface area contributed by atoms with E-state index in [0.717, 1.165) is 11.3 Å². The summed E-state index contributed by atoms with van der Waals surface area (Å²) in [4.78, 5) is 25.3. The van der Waals surface area contributed by atoms with Crippen molar-refractivity contribution in [1.29, 1.82) is 0 Å². The summed E-state index contributed by atoms with van der Waals surface area (Å²) >= 11 is 1.21. The molecule has 9 heteroatoms. The van der Waals surface area contributed by atoms with E-state index in [-0.39, 0.29) is 17.6 Å². The number of aryl methyl sites for hydroxylation is 1. The van der Waals surface area contributed by atoms with Crippen LogP contribution in [-0.4, -0.2) is 37.8 Å². The predicted molar refractivity (Wildman–Crippen MR) is 124 cm³/mol. The van der Waals surface area contributed by atoms with Gasteiger partial charge in [-0.2, -0.15) is 4.68 Å². The number of carbonyl (C=O) groups is 2. The number of para-hydroxylation sites is 2. The summed E-state index contributed by atoms with van der Waals surface area (Å²) in [6, 6.07) is 23.8. The van der Waals surface area contributed by atoms with Crippen LogP contribution in [0.3, 0.4) is 0 Å². The third-order valence-corrected chi connectivity index (χ3v) is 5.45. The van der Waals surface area contributed by atoms with Crippen LogP contribution in [0.25, 0.3) is 5.69 Å². The van der Waals surface area contributed by atoms with Crippen molar-refractivity contribution >= 4 is 35.0 Å². The van der Waals surface area contributed by atoms with Gasteiger partial charge in [-0.15, -0.1) is 5.10 Å². The molecule has 2 N–H and O–H groups in total. The van der Waals surface area contributed by atoms with Gasteiger partial charge in [-0.3, -0.25) is 9.59 Å². The average Bonchev–Trinajstić information content (AvgIpc) is 3.28. The van der Waals surface area contributed by atoms with Crippen molar-refractivity contribution in [3.05, 3.63) is 90.0 Å². The SMILES string of the molecule is Cc1ccc(-n2nnnc2SCC(=O)Nc2ccccc2C(=O)Nc2ccccc2)cc1. The molecule has 160 valence electrons. The number of thioether (sulfide) groups is 1. The normalized spacial score (nSPS) is 10.5. The number of hydrogen-bond donors (Lipinski definition) is 2. The predicted octanol–water partition coefficient (Wildman–Crippen LogP) is 3.95. The fourth-order valence-corrected chi connectivity index (χ4v) is 3.63. The highest BCUT2D eigenvalue weighted by atomic mass is 32.2. The maximum atomic E-state index is 12.7. The van der Waals surface area contributed by atoms with Crippen LogP contribution in [0, 0.1) is 6.92 Å². The maximum Gasteiger partial charge on any atom is 0.257 e. The van der Waals surface area contributed by atoms with Gasteiger partial charge in [-0.05, 0) is 53.7 Å².